The van der Waals surface area contributed by atoms with Crippen molar-refractivity contribution in [2.75, 3.05) is 5.32 Å². The van der Waals surface area contributed by atoms with E-state index in [9.17, 15) is 19.2 Å². The summed E-state index contributed by atoms with van der Waals surface area (Å²) in [7, 11) is 0. The highest BCUT2D eigenvalue weighted by Crippen LogP contribution is 2.14. The SMILES string of the molecule is NC(=O)C(CC(=O)Nc1ccc(Cl)cc1)NC(=O)c1ccc(-n2ccccc2=O)cc1. The highest BCUT2D eigenvalue weighted by Gasteiger charge is 2.22. The lowest BCUT2D eigenvalue weighted by Crippen LogP contribution is -2.46. The molecule has 31 heavy (non-hydrogen) atoms. The number of aromatic nitrogens is 1. The fraction of sp³-hybridized carbons (Fsp3) is 0.0909. The Hall–Kier alpha value is -3.91. The van der Waals surface area contributed by atoms with Crippen molar-refractivity contribution in [3.05, 3.63) is 93.9 Å². The van der Waals surface area contributed by atoms with Crippen LogP contribution < -0.4 is 21.9 Å². The zero-order valence-corrected chi connectivity index (χ0v) is 17.0. The van der Waals surface area contributed by atoms with E-state index in [1.165, 1.54) is 22.8 Å². The predicted octanol–water partition coefficient (Wildman–Crippen LogP) is 2.10. The van der Waals surface area contributed by atoms with Crippen molar-refractivity contribution in [2.45, 2.75) is 12.5 Å². The molecule has 0 spiro atoms. The molecule has 158 valence electrons. The van der Waals surface area contributed by atoms with Crippen LogP contribution in [-0.2, 0) is 9.59 Å². The number of rotatable bonds is 7. The van der Waals surface area contributed by atoms with Crippen molar-refractivity contribution >= 4 is 35.0 Å². The normalized spacial score (nSPS) is 11.4. The monoisotopic (exact) mass is 438 g/mol. The van der Waals surface area contributed by atoms with Gasteiger partial charge in [-0.25, -0.2) is 0 Å². The highest BCUT2D eigenvalue weighted by molar-refractivity contribution is 6.30. The van der Waals surface area contributed by atoms with Crippen molar-refractivity contribution in [2.24, 2.45) is 5.73 Å². The maximum absolute atomic E-state index is 12.5. The van der Waals surface area contributed by atoms with Crippen LogP contribution in [0.1, 0.15) is 16.8 Å². The largest absolute Gasteiger partial charge is 0.368 e. The van der Waals surface area contributed by atoms with Gasteiger partial charge in [0.1, 0.15) is 6.04 Å². The molecule has 1 aromatic heterocycles. The molecule has 0 aliphatic rings. The molecule has 0 saturated heterocycles. The van der Waals surface area contributed by atoms with E-state index in [1.807, 2.05) is 0 Å². The van der Waals surface area contributed by atoms with Gasteiger partial charge in [0.25, 0.3) is 11.5 Å². The van der Waals surface area contributed by atoms with Gasteiger partial charge in [-0.2, -0.15) is 0 Å². The molecule has 3 rings (SSSR count). The standard InChI is InChI=1S/C22H19ClN4O4/c23-15-6-8-16(9-7-15)25-19(28)13-18(21(24)30)26-22(31)14-4-10-17(11-5-14)27-12-2-1-3-20(27)29/h1-12,18H,13H2,(H2,24,30)(H,25,28)(H,26,31). The minimum absolute atomic E-state index is 0.208. The second-order valence-electron chi connectivity index (χ2n) is 6.64. The lowest BCUT2D eigenvalue weighted by molar-refractivity contribution is -0.124. The van der Waals surface area contributed by atoms with E-state index in [1.54, 1.807) is 54.7 Å². The zero-order chi connectivity index (χ0) is 22.4. The Balaban J connectivity index is 1.65. The van der Waals surface area contributed by atoms with E-state index in [-0.39, 0.29) is 17.5 Å². The Bertz CT molecular complexity index is 1160. The Morgan fingerprint density at radius 2 is 1.65 bits per heavy atom. The number of hydrogen-bond donors (Lipinski definition) is 3. The van der Waals surface area contributed by atoms with Crippen LogP contribution in [0, 0.1) is 0 Å². The molecule has 0 bridgehead atoms. The van der Waals surface area contributed by atoms with Gasteiger partial charge in [-0.1, -0.05) is 17.7 Å². The molecule has 3 amide bonds. The Kier molecular flexibility index (Phi) is 6.84. The number of hydrogen-bond acceptors (Lipinski definition) is 4. The molecule has 9 heteroatoms. The van der Waals surface area contributed by atoms with Gasteiger partial charge in [0.2, 0.25) is 11.8 Å². The van der Waals surface area contributed by atoms with Gasteiger partial charge in [0, 0.05) is 34.2 Å². The van der Waals surface area contributed by atoms with E-state index in [2.05, 4.69) is 10.6 Å². The Labute approximate surface area is 182 Å². The number of anilines is 1. The topological polar surface area (TPSA) is 123 Å². The first-order valence-electron chi connectivity index (χ1n) is 9.27. The molecule has 0 aliphatic carbocycles. The van der Waals surface area contributed by atoms with Crippen LogP contribution in [0.3, 0.4) is 0 Å². The van der Waals surface area contributed by atoms with Gasteiger partial charge in [-0.15, -0.1) is 0 Å². The van der Waals surface area contributed by atoms with Crippen LogP contribution in [0.15, 0.2) is 77.7 Å². The summed E-state index contributed by atoms with van der Waals surface area (Å²) in [6.45, 7) is 0. The Morgan fingerprint density at radius 3 is 2.26 bits per heavy atom. The van der Waals surface area contributed by atoms with Crippen LogP contribution in [-0.4, -0.2) is 28.3 Å². The number of amides is 3. The molecule has 0 fully saturated rings. The zero-order valence-electron chi connectivity index (χ0n) is 16.2. The van der Waals surface area contributed by atoms with Gasteiger partial charge < -0.3 is 16.4 Å². The van der Waals surface area contributed by atoms with Crippen molar-refractivity contribution in [3.63, 3.8) is 0 Å². The van der Waals surface area contributed by atoms with Crippen LogP contribution in [0.2, 0.25) is 5.02 Å². The van der Waals surface area contributed by atoms with E-state index >= 15 is 0 Å². The molecule has 1 atom stereocenters. The second kappa shape index (κ2) is 9.73. The molecule has 0 saturated carbocycles. The highest BCUT2D eigenvalue weighted by atomic mass is 35.5. The van der Waals surface area contributed by atoms with Gasteiger partial charge >= 0.3 is 0 Å². The third-order valence-electron chi connectivity index (χ3n) is 4.40. The quantitative estimate of drug-likeness (QED) is 0.522. The summed E-state index contributed by atoms with van der Waals surface area (Å²) in [4.78, 5) is 48.4. The number of carbonyl (C=O) groups is 3. The van der Waals surface area contributed by atoms with Crippen molar-refractivity contribution in [3.8, 4) is 5.69 Å². The third-order valence-corrected chi connectivity index (χ3v) is 4.65. The maximum atomic E-state index is 12.5. The number of carbonyl (C=O) groups excluding carboxylic acids is 3. The number of nitrogens with zero attached hydrogens (tertiary/aromatic N) is 1. The fourth-order valence-electron chi connectivity index (χ4n) is 2.81. The lowest BCUT2D eigenvalue weighted by Gasteiger charge is -2.16. The van der Waals surface area contributed by atoms with Gasteiger partial charge in [0.15, 0.2) is 0 Å². The molecule has 1 heterocycles. The second-order valence-corrected chi connectivity index (χ2v) is 7.08. The number of primary amides is 1. The summed E-state index contributed by atoms with van der Waals surface area (Å²) in [6, 6.07) is 16.2. The summed E-state index contributed by atoms with van der Waals surface area (Å²) in [5.41, 5.74) is 6.47. The van der Waals surface area contributed by atoms with Gasteiger partial charge in [-0.3, -0.25) is 23.7 Å². The van der Waals surface area contributed by atoms with E-state index in [0.717, 1.165) is 0 Å². The first-order valence-corrected chi connectivity index (χ1v) is 9.65. The van der Waals surface area contributed by atoms with E-state index in [4.69, 9.17) is 17.3 Å². The van der Waals surface area contributed by atoms with E-state index in [0.29, 0.717) is 16.4 Å². The smallest absolute Gasteiger partial charge is 0.255 e. The van der Waals surface area contributed by atoms with Crippen molar-refractivity contribution in [1.29, 1.82) is 0 Å². The first kappa shape index (κ1) is 21.8. The predicted molar refractivity (Wildman–Crippen MR) is 117 cm³/mol. The molecular formula is C22H19ClN4O4. The average Bonchev–Trinajstić information content (AvgIpc) is 2.75. The van der Waals surface area contributed by atoms with Crippen molar-refractivity contribution in [1.82, 2.24) is 9.88 Å². The molecular weight excluding hydrogens is 420 g/mol. The number of nitrogens with two attached hydrogens (primary N) is 1. The number of halogens is 1. The molecule has 8 nitrogen and oxygen atoms in total. The lowest BCUT2D eigenvalue weighted by atomic mass is 10.1. The maximum Gasteiger partial charge on any atom is 0.255 e. The van der Waals surface area contributed by atoms with Crippen LogP contribution in [0.25, 0.3) is 5.69 Å². The molecule has 0 aliphatic heterocycles. The van der Waals surface area contributed by atoms with Crippen LogP contribution in [0.4, 0.5) is 5.69 Å². The number of pyridine rings is 1. The molecule has 2 aromatic carbocycles. The summed E-state index contributed by atoms with van der Waals surface area (Å²) < 4.78 is 1.43. The summed E-state index contributed by atoms with van der Waals surface area (Å²) in [5.74, 6) is -1.91. The first-order chi connectivity index (χ1) is 14.8. The summed E-state index contributed by atoms with van der Waals surface area (Å²) >= 11 is 5.80. The molecule has 1 unspecified atom stereocenters. The third kappa shape index (κ3) is 5.80. The Morgan fingerprint density at radius 1 is 0.968 bits per heavy atom. The number of nitrogens with one attached hydrogen (secondary N) is 2. The minimum Gasteiger partial charge on any atom is -0.368 e. The van der Waals surface area contributed by atoms with Crippen LogP contribution in [0.5, 0.6) is 0 Å². The minimum atomic E-state index is -1.20. The number of benzene rings is 2. The fourth-order valence-corrected chi connectivity index (χ4v) is 2.94. The molecule has 0 radical (unpaired) electrons. The average molecular weight is 439 g/mol. The molecule has 3 aromatic rings. The summed E-state index contributed by atoms with van der Waals surface area (Å²) in [6.07, 6.45) is 1.28. The van der Waals surface area contributed by atoms with Crippen molar-refractivity contribution < 1.29 is 14.4 Å². The van der Waals surface area contributed by atoms with Crippen LogP contribution >= 0.6 is 11.6 Å². The summed E-state index contributed by atoms with van der Waals surface area (Å²) in [5, 5.41) is 5.59. The van der Waals surface area contributed by atoms with Gasteiger partial charge in [-0.05, 0) is 54.6 Å². The van der Waals surface area contributed by atoms with E-state index < -0.39 is 23.8 Å². The van der Waals surface area contributed by atoms with Gasteiger partial charge in [0.05, 0.1) is 6.42 Å². The molecule has 4 N–H and O–H groups in total.